The van der Waals surface area contributed by atoms with E-state index in [1.807, 2.05) is 6.07 Å². The molecule has 1 fully saturated rings. The van der Waals surface area contributed by atoms with Crippen LogP contribution in [0.5, 0.6) is 0 Å². The molecule has 14 heavy (non-hydrogen) atoms. The zero-order chi connectivity index (χ0) is 10.2. The molecule has 3 nitrogen and oxygen atoms in total. The summed E-state index contributed by atoms with van der Waals surface area (Å²) < 4.78 is 25.3. The fourth-order valence-corrected chi connectivity index (χ4v) is 3.28. The number of nitrogens with zero attached hydrogens (tertiary/aromatic N) is 1. The molecule has 0 N–H and O–H groups in total. The first-order valence-electron chi connectivity index (χ1n) is 4.66. The van der Waals surface area contributed by atoms with Crippen molar-refractivity contribution < 1.29 is 8.42 Å². The molecule has 1 saturated heterocycles. The molecule has 0 amide bonds. The maximum absolute atomic E-state index is 11.9. The van der Waals surface area contributed by atoms with Gasteiger partial charge in [-0.15, -0.1) is 0 Å². The van der Waals surface area contributed by atoms with Gasteiger partial charge in [-0.25, -0.2) is 8.42 Å². The maximum Gasteiger partial charge on any atom is 0.243 e. The topological polar surface area (TPSA) is 37.4 Å². The second kappa shape index (κ2) is 3.37. The van der Waals surface area contributed by atoms with Crippen LogP contribution in [0, 0.1) is 5.92 Å². The fraction of sp³-hybridized carbons (Fsp3) is 0.400. The Kier molecular flexibility index (Phi) is 2.33. The van der Waals surface area contributed by atoms with Gasteiger partial charge in [0.25, 0.3) is 0 Å². The molecule has 0 spiro atoms. The van der Waals surface area contributed by atoms with Gasteiger partial charge in [0.05, 0.1) is 4.90 Å². The minimum atomic E-state index is -3.20. The van der Waals surface area contributed by atoms with Crippen LogP contribution < -0.4 is 0 Å². The summed E-state index contributed by atoms with van der Waals surface area (Å²) in [6.07, 6.45) is 0. The van der Waals surface area contributed by atoms with Crippen LogP contribution in [0.4, 0.5) is 0 Å². The first-order valence-corrected chi connectivity index (χ1v) is 6.10. The quantitative estimate of drug-likeness (QED) is 0.740. The number of hydrogen-bond acceptors (Lipinski definition) is 2. The Bertz CT molecular complexity index is 407. The van der Waals surface area contributed by atoms with Gasteiger partial charge in [-0.05, 0) is 18.1 Å². The largest absolute Gasteiger partial charge is 0.243 e. The number of rotatable bonds is 2. The van der Waals surface area contributed by atoms with Crippen LogP contribution in [0.3, 0.4) is 0 Å². The Morgan fingerprint density at radius 1 is 1.21 bits per heavy atom. The predicted molar refractivity (Wildman–Crippen MR) is 54.4 cm³/mol. The third-order valence-corrected chi connectivity index (χ3v) is 4.26. The predicted octanol–water partition coefficient (Wildman–Crippen LogP) is 1.33. The molecule has 1 aromatic rings. The fourth-order valence-electron chi connectivity index (χ4n) is 1.58. The zero-order valence-corrected chi connectivity index (χ0v) is 8.87. The molecule has 0 saturated carbocycles. The summed E-state index contributed by atoms with van der Waals surface area (Å²) in [6.45, 7) is 3.35. The van der Waals surface area contributed by atoms with E-state index in [-0.39, 0.29) is 0 Å². The monoisotopic (exact) mass is 211 g/mol. The van der Waals surface area contributed by atoms with Crippen LogP contribution in [0.2, 0.25) is 0 Å². The van der Waals surface area contributed by atoms with Crippen LogP contribution in [-0.2, 0) is 10.0 Å². The lowest BCUT2D eigenvalue weighted by molar-refractivity contribution is 0.218. The molecule has 1 aliphatic rings. The van der Waals surface area contributed by atoms with Crippen molar-refractivity contribution in [1.82, 2.24) is 4.31 Å². The Morgan fingerprint density at radius 2 is 1.79 bits per heavy atom. The van der Waals surface area contributed by atoms with E-state index < -0.39 is 10.0 Å². The second-order valence-electron chi connectivity index (χ2n) is 3.74. The molecule has 0 aliphatic carbocycles. The van der Waals surface area contributed by atoms with Crippen LogP contribution >= 0.6 is 0 Å². The van der Waals surface area contributed by atoms with Gasteiger partial charge in [0.1, 0.15) is 0 Å². The average Bonchev–Trinajstić information content (AvgIpc) is 2.14. The highest BCUT2D eigenvalue weighted by Crippen LogP contribution is 2.23. The number of hydrogen-bond donors (Lipinski definition) is 0. The summed E-state index contributed by atoms with van der Waals surface area (Å²) in [4.78, 5) is 0.395. The number of sulfonamides is 1. The van der Waals surface area contributed by atoms with E-state index in [1.165, 1.54) is 4.31 Å². The van der Waals surface area contributed by atoms with Gasteiger partial charge in [0.2, 0.25) is 10.0 Å². The molecule has 76 valence electrons. The van der Waals surface area contributed by atoms with Crippen LogP contribution in [0.25, 0.3) is 0 Å². The van der Waals surface area contributed by atoms with Crippen molar-refractivity contribution in [2.24, 2.45) is 5.92 Å². The highest BCUT2D eigenvalue weighted by atomic mass is 32.2. The van der Waals surface area contributed by atoms with Crippen LogP contribution in [-0.4, -0.2) is 25.8 Å². The molecule has 0 atom stereocenters. The number of benzene rings is 1. The Balaban J connectivity index is 2.26. The van der Waals surface area contributed by atoms with Gasteiger partial charge in [0.15, 0.2) is 0 Å². The lowest BCUT2D eigenvalue weighted by Gasteiger charge is -2.35. The van der Waals surface area contributed by atoms with Crippen LogP contribution in [0.15, 0.2) is 35.2 Å². The molecule has 1 aromatic carbocycles. The average molecular weight is 211 g/mol. The standard InChI is InChI=1S/C10H13NO2S/c1-9-7-11(8-9)14(12,13)10-5-3-2-4-6-10/h2-6,9H,7-8H2,1H3. The van der Waals surface area contributed by atoms with Crippen molar-refractivity contribution in [3.8, 4) is 0 Å². The van der Waals surface area contributed by atoms with E-state index in [2.05, 4.69) is 6.92 Å². The Hall–Kier alpha value is -0.870. The van der Waals surface area contributed by atoms with E-state index in [0.717, 1.165) is 0 Å². The highest BCUT2D eigenvalue weighted by molar-refractivity contribution is 7.89. The lowest BCUT2D eigenvalue weighted by Crippen LogP contribution is -2.48. The summed E-state index contributed by atoms with van der Waals surface area (Å²) in [6, 6.07) is 8.58. The van der Waals surface area contributed by atoms with Crippen molar-refractivity contribution in [2.45, 2.75) is 11.8 Å². The Labute approximate surface area is 84.4 Å². The zero-order valence-electron chi connectivity index (χ0n) is 8.05. The van der Waals surface area contributed by atoms with Gasteiger partial charge in [-0.1, -0.05) is 25.1 Å². The highest BCUT2D eigenvalue weighted by Gasteiger charge is 2.33. The van der Waals surface area contributed by atoms with Crippen molar-refractivity contribution in [1.29, 1.82) is 0 Å². The summed E-state index contributed by atoms with van der Waals surface area (Å²) in [5.74, 6) is 0.494. The molecule has 0 unspecified atom stereocenters. The molecule has 0 radical (unpaired) electrons. The molecule has 2 rings (SSSR count). The molecular weight excluding hydrogens is 198 g/mol. The SMILES string of the molecule is CC1CN(S(=O)(=O)c2ccccc2)C1. The van der Waals surface area contributed by atoms with Gasteiger partial charge >= 0.3 is 0 Å². The Morgan fingerprint density at radius 3 is 2.29 bits per heavy atom. The van der Waals surface area contributed by atoms with E-state index in [9.17, 15) is 8.42 Å². The first-order chi connectivity index (χ1) is 6.60. The molecule has 0 bridgehead atoms. The molecule has 1 aliphatic heterocycles. The smallest absolute Gasteiger partial charge is 0.207 e. The first kappa shape index (κ1) is 9.68. The normalized spacial score (nSPS) is 19.2. The van der Waals surface area contributed by atoms with Gasteiger partial charge < -0.3 is 0 Å². The van der Waals surface area contributed by atoms with Crippen molar-refractivity contribution in [2.75, 3.05) is 13.1 Å². The lowest BCUT2D eigenvalue weighted by atomic mass is 10.1. The minimum Gasteiger partial charge on any atom is -0.207 e. The molecule has 0 aromatic heterocycles. The van der Waals surface area contributed by atoms with Crippen molar-refractivity contribution in [3.05, 3.63) is 30.3 Å². The third kappa shape index (κ3) is 1.55. The molecule has 4 heteroatoms. The van der Waals surface area contributed by atoms with Crippen molar-refractivity contribution >= 4 is 10.0 Å². The summed E-state index contributed by atoms with van der Waals surface area (Å²) in [7, 11) is -3.20. The van der Waals surface area contributed by atoms with E-state index in [0.29, 0.717) is 23.9 Å². The maximum atomic E-state index is 11.9. The van der Waals surface area contributed by atoms with Gasteiger partial charge in [-0.3, -0.25) is 0 Å². The van der Waals surface area contributed by atoms with E-state index in [4.69, 9.17) is 0 Å². The third-order valence-electron chi connectivity index (χ3n) is 2.41. The summed E-state index contributed by atoms with van der Waals surface area (Å²) >= 11 is 0. The summed E-state index contributed by atoms with van der Waals surface area (Å²) in [5, 5.41) is 0. The van der Waals surface area contributed by atoms with Gasteiger partial charge in [-0.2, -0.15) is 4.31 Å². The molecular formula is C10H13NO2S. The van der Waals surface area contributed by atoms with Crippen molar-refractivity contribution in [3.63, 3.8) is 0 Å². The molecule has 1 heterocycles. The second-order valence-corrected chi connectivity index (χ2v) is 5.68. The van der Waals surface area contributed by atoms with Gasteiger partial charge in [0, 0.05) is 13.1 Å². The van der Waals surface area contributed by atoms with Crippen LogP contribution in [0.1, 0.15) is 6.92 Å². The van der Waals surface area contributed by atoms with E-state index in [1.54, 1.807) is 24.3 Å². The summed E-state index contributed by atoms with van der Waals surface area (Å²) in [5.41, 5.74) is 0. The van der Waals surface area contributed by atoms with E-state index >= 15 is 0 Å². The minimum absolute atomic E-state index is 0.395.